The van der Waals surface area contributed by atoms with E-state index in [1.807, 2.05) is 35.7 Å². The van der Waals surface area contributed by atoms with Gasteiger partial charge in [0.1, 0.15) is 10.7 Å². The molecule has 3 rings (SSSR count). The van der Waals surface area contributed by atoms with E-state index in [0.29, 0.717) is 0 Å². The molecule has 0 aliphatic carbocycles. The van der Waals surface area contributed by atoms with E-state index in [-0.39, 0.29) is 17.9 Å². The lowest BCUT2D eigenvalue weighted by molar-refractivity contribution is -0.383. The number of nitrogens with zero attached hydrogens (tertiary/aromatic N) is 2. The lowest BCUT2D eigenvalue weighted by atomic mass is 10.2. The molecule has 0 bridgehead atoms. The van der Waals surface area contributed by atoms with Crippen molar-refractivity contribution < 1.29 is 9.72 Å². The van der Waals surface area contributed by atoms with E-state index in [0.717, 1.165) is 16.3 Å². The molecule has 0 radical (unpaired) electrons. The van der Waals surface area contributed by atoms with Crippen LogP contribution in [-0.2, 0) is 6.54 Å². The summed E-state index contributed by atoms with van der Waals surface area (Å²) in [6.07, 6.45) is 0. The molecule has 7 nitrogen and oxygen atoms in total. The molecule has 0 unspecified atom stereocenters. The van der Waals surface area contributed by atoms with Crippen LogP contribution in [-0.4, -0.2) is 15.9 Å². The number of aromatic nitrogens is 1. The molecule has 0 aliphatic rings. The zero-order chi connectivity index (χ0) is 17.6. The number of hydrogen-bond acceptors (Lipinski definition) is 5. The molecule has 3 aromatic rings. The number of nitro groups is 1. The predicted molar refractivity (Wildman–Crippen MR) is 96.5 cm³/mol. The fourth-order valence-corrected chi connectivity index (χ4v) is 3.00. The highest BCUT2D eigenvalue weighted by Crippen LogP contribution is 2.24. The van der Waals surface area contributed by atoms with Crippen LogP contribution in [0.15, 0.2) is 60.0 Å². The van der Waals surface area contributed by atoms with Gasteiger partial charge in [-0.2, -0.15) is 0 Å². The number of carbonyl (C=O) groups excluding carboxylic acids is 1. The summed E-state index contributed by atoms with van der Waals surface area (Å²) in [5, 5.41) is 18.8. The van der Waals surface area contributed by atoms with Crippen LogP contribution in [0, 0.1) is 10.1 Å². The minimum absolute atomic E-state index is 0.147. The van der Waals surface area contributed by atoms with Crippen molar-refractivity contribution in [2.24, 2.45) is 0 Å². The van der Waals surface area contributed by atoms with Gasteiger partial charge in [-0.15, -0.1) is 11.3 Å². The van der Waals surface area contributed by atoms with Crippen LogP contribution in [0.25, 0.3) is 10.6 Å². The molecule has 0 spiro atoms. The standard InChI is InChI=1S/C17H14N4O3S/c22-17(20-14-8-4-5-9-15(14)21(23)24)18-10-13-11-25-16(19-13)12-6-2-1-3-7-12/h1-9,11H,10H2,(H2,18,20,22). The lowest BCUT2D eigenvalue weighted by Gasteiger charge is -2.06. The highest BCUT2D eigenvalue weighted by atomic mass is 32.1. The zero-order valence-electron chi connectivity index (χ0n) is 13.0. The van der Waals surface area contributed by atoms with Crippen LogP contribution in [0.5, 0.6) is 0 Å². The van der Waals surface area contributed by atoms with Gasteiger partial charge in [-0.1, -0.05) is 42.5 Å². The first kappa shape index (κ1) is 16.6. The smallest absolute Gasteiger partial charge is 0.319 e. The van der Waals surface area contributed by atoms with Gasteiger partial charge in [0.25, 0.3) is 5.69 Å². The number of amides is 2. The van der Waals surface area contributed by atoms with Crippen LogP contribution in [0.1, 0.15) is 5.69 Å². The van der Waals surface area contributed by atoms with Gasteiger partial charge >= 0.3 is 6.03 Å². The summed E-state index contributed by atoms with van der Waals surface area (Å²) in [5.74, 6) is 0. The van der Waals surface area contributed by atoms with Crippen LogP contribution in [0.3, 0.4) is 0 Å². The molecular formula is C17H14N4O3S. The minimum Gasteiger partial charge on any atom is -0.332 e. The summed E-state index contributed by atoms with van der Waals surface area (Å²) < 4.78 is 0. The fourth-order valence-electron chi connectivity index (χ4n) is 2.18. The summed E-state index contributed by atoms with van der Waals surface area (Å²) in [7, 11) is 0. The van der Waals surface area contributed by atoms with Crippen molar-refractivity contribution in [3.63, 3.8) is 0 Å². The number of hydrogen-bond donors (Lipinski definition) is 2. The van der Waals surface area contributed by atoms with Gasteiger partial charge in [-0.05, 0) is 6.07 Å². The average Bonchev–Trinajstić information content (AvgIpc) is 3.10. The highest BCUT2D eigenvalue weighted by molar-refractivity contribution is 7.13. The van der Waals surface area contributed by atoms with Gasteiger partial charge in [0.15, 0.2) is 0 Å². The number of anilines is 1. The number of carbonyl (C=O) groups is 1. The quantitative estimate of drug-likeness (QED) is 0.534. The topological polar surface area (TPSA) is 97.2 Å². The second kappa shape index (κ2) is 7.54. The molecule has 0 atom stereocenters. The van der Waals surface area contributed by atoms with Crippen LogP contribution in [0.2, 0.25) is 0 Å². The first-order chi connectivity index (χ1) is 12.1. The summed E-state index contributed by atoms with van der Waals surface area (Å²) in [6, 6.07) is 15.2. The Hall–Kier alpha value is -3.26. The van der Waals surface area contributed by atoms with Gasteiger partial charge in [0, 0.05) is 17.0 Å². The largest absolute Gasteiger partial charge is 0.332 e. The monoisotopic (exact) mass is 354 g/mol. The Balaban J connectivity index is 1.60. The Labute approximate surface area is 147 Å². The molecule has 126 valence electrons. The summed E-state index contributed by atoms with van der Waals surface area (Å²) in [4.78, 5) is 26.8. The van der Waals surface area contributed by atoms with Gasteiger partial charge < -0.3 is 10.6 Å². The van der Waals surface area contributed by atoms with Gasteiger partial charge in [-0.3, -0.25) is 10.1 Å². The van der Waals surface area contributed by atoms with Crippen LogP contribution < -0.4 is 10.6 Å². The normalized spacial score (nSPS) is 10.2. The summed E-state index contributed by atoms with van der Waals surface area (Å²) in [5.41, 5.74) is 1.73. The molecule has 0 saturated carbocycles. The Bertz CT molecular complexity index is 896. The number of nitrogens with one attached hydrogen (secondary N) is 2. The van der Waals surface area contributed by atoms with E-state index in [1.165, 1.54) is 23.5 Å². The number of nitro benzene ring substituents is 1. The first-order valence-electron chi connectivity index (χ1n) is 7.41. The molecular weight excluding hydrogens is 340 g/mol. The van der Waals surface area contributed by atoms with E-state index in [4.69, 9.17) is 0 Å². The van der Waals surface area contributed by atoms with E-state index < -0.39 is 11.0 Å². The molecule has 1 heterocycles. The van der Waals surface area contributed by atoms with E-state index in [1.54, 1.807) is 12.1 Å². The summed E-state index contributed by atoms with van der Waals surface area (Å²) in [6.45, 7) is 0.232. The molecule has 0 saturated heterocycles. The number of rotatable bonds is 5. The van der Waals surface area contributed by atoms with E-state index in [9.17, 15) is 14.9 Å². The first-order valence-corrected chi connectivity index (χ1v) is 8.29. The number of para-hydroxylation sites is 2. The third-order valence-corrected chi connectivity index (χ3v) is 4.29. The average molecular weight is 354 g/mol. The maximum atomic E-state index is 12.0. The summed E-state index contributed by atoms with van der Waals surface area (Å²) >= 11 is 1.49. The molecule has 2 amide bonds. The van der Waals surface area contributed by atoms with Crippen molar-refractivity contribution in [2.45, 2.75) is 6.54 Å². The lowest BCUT2D eigenvalue weighted by Crippen LogP contribution is -2.28. The van der Waals surface area contributed by atoms with E-state index >= 15 is 0 Å². The molecule has 1 aromatic heterocycles. The van der Waals surface area contributed by atoms with Gasteiger partial charge in [-0.25, -0.2) is 9.78 Å². The van der Waals surface area contributed by atoms with Crippen molar-refractivity contribution in [3.8, 4) is 10.6 Å². The molecule has 0 aliphatic heterocycles. The third-order valence-electron chi connectivity index (χ3n) is 3.35. The predicted octanol–water partition coefficient (Wildman–Crippen LogP) is 4.04. The molecule has 0 fully saturated rings. The molecule has 2 aromatic carbocycles. The second-order valence-corrected chi connectivity index (χ2v) is 5.95. The van der Waals surface area contributed by atoms with Gasteiger partial charge in [0.2, 0.25) is 0 Å². The zero-order valence-corrected chi connectivity index (χ0v) is 13.8. The maximum absolute atomic E-state index is 12.0. The highest BCUT2D eigenvalue weighted by Gasteiger charge is 2.14. The van der Waals surface area contributed by atoms with E-state index in [2.05, 4.69) is 15.6 Å². The Morgan fingerprint density at radius 2 is 1.84 bits per heavy atom. The third kappa shape index (κ3) is 4.18. The molecule has 8 heteroatoms. The van der Waals surface area contributed by atoms with Crippen molar-refractivity contribution in [1.82, 2.24) is 10.3 Å². The Morgan fingerprint density at radius 3 is 2.60 bits per heavy atom. The van der Waals surface area contributed by atoms with Gasteiger partial charge in [0.05, 0.1) is 17.2 Å². The van der Waals surface area contributed by atoms with Crippen molar-refractivity contribution in [1.29, 1.82) is 0 Å². The SMILES string of the molecule is O=C(NCc1csc(-c2ccccc2)n1)Nc1ccccc1[N+](=O)[O-]. The number of benzene rings is 2. The molecule has 2 N–H and O–H groups in total. The van der Waals surface area contributed by atoms with Crippen molar-refractivity contribution in [3.05, 3.63) is 75.8 Å². The number of thiazole rings is 1. The second-order valence-electron chi connectivity index (χ2n) is 5.09. The number of urea groups is 1. The van der Waals surface area contributed by atoms with Crippen molar-refractivity contribution >= 4 is 28.7 Å². The Kier molecular flexibility index (Phi) is 5.00. The minimum atomic E-state index is -0.540. The fraction of sp³-hybridized carbons (Fsp3) is 0.0588. The van der Waals surface area contributed by atoms with Crippen molar-refractivity contribution in [2.75, 3.05) is 5.32 Å². The Morgan fingerprint density at radius 1 is 1.12 bits per heavy atom. The molecule has 25 heavy (non-hydrogen) atoms. The maximum Gasteiger partial charge on any atom is 0.319 e. The van der Waals surface area contributed by atoms with Crippen LogP contribution in [0.4, 0.5) is 16.2 Å². The van der Waals surface area contributed by atoms with Crippen LogP contribution >= 0.6 is 11.3 Å².